The van der Waals surface area contributed by atoms with Gasteiger partial charge in [0.25, 0.3) is 0 Å². The fourth-order valence-corrected chi connectivity index (χ4v) is 2.74. The van der Waals surface area contributed by atoms with Crippen molar-refractivity contribution in [2.75, 3.05) is 13.1 Å². The number of carboxylic acid groups (broad SMARTS) is 1. The molecule has 0 fully saturated rings. The lowest BCUT2D eigenvalue weighted by Crippen LogP contribution is -2.58. The quantitative estimate of drug-likeness (QED) is 0.117. The Morgan fingerprint density at radius 3 is 1.55 bits per heavy atom. The summed E-state index contributed by atoms with van der Waals surface area (Å²) in [7, 11) is 0. The first-order valence-corrected chi connectivity index (χ1v) is 10.5. The van der Waals surface area contributed by atoms with Gasteiger partial charge in [-0.05, 0) is 65.5 Å². The number of rotatable bonds is 16. The van der Waals surface area contributed by atoms with Gasteiger partial charge in [0.1, 0.15) is 12.1 Å². The zero-order valence-electron chi connectivity index (χ0n) is 18.3. The Hall–Kier alpha value is -2.28. The lowest BCUT2D eigenvalue weighted by Gasteiger charge is -2.25. The van der Waals surface area contributed by atoms with Gasteiger partial charge in [-0.3, -0.25) is 14.4 Å². The first-order chi connectivity index (χ1) is 14.5. The van der Waals surface area contributed by atoms with Gasteiger partial charge >= 0.3 is 5.97 Å². The molecule has 3 amide bonds. The molecule has 0 heterocycles. The van der Waals surface area contributed by atoms with Crippen molar-refractivity contribution in [2.24, 2.45) is 17.2 Å². The topological polar surface area (TPSA) is 223 Å². The number of aliphatic hydroxyl groups excluding tert-OH is 1. The fraction of sp³-hybridized carbons (Fsp3) is 0.789. The number of carbonyl (C=O) groups is 4. The Balaban J connectivity index is 5.38. The molecule has 5 unspecified atom stereocenters. The van der Waals surface area contributed by atoms with E-state index >= 15 is 0 Å². The van der Waals surface area contributed by atoms with Gasteiger partial charge in [0, 0.05) is 0 Å². The first-order valence-electron chi connectivity index (χ1n) is 10.5. The molecule has 0 saturated carbocycles. The van der Waals surface area contributed by atoms with Crippen LogP contribution in [0.4, 0.5) is 0 Å². The number of nitrogens with one attached hydrogen (secondary N) is 3. The van der Waals surface area contributed by atoms with Gasteiger partial charge in [0.15, 0.2) is 6.04 Å². The van der Waals surface area contributed by atoms with Gasteiger partial charge in [-0.15, -0.1) is 0 Å². The van der Waals surface area contributed by atoms with Gasteiger partial charge in [-0.1, -0.05) is 0 Å². The van der Waals surface area contributed by atoms with Gasteiger partial charge < -0.3 is 43.4 Å². The summed E-state index contributed by atoms with van der Waals surface area (Å²) < 4.78 is 0. The summed E-state index contributed by atoms with van der Waals surface area (Å²) >= 11 is 0. The summed E-state index contributed by atoms with van der Waals surface area (Å²) in [5.41, 5.74) is 16.5. The van der Waals surface area contributed by atoms with Gasteiger partial charge in [-0.2, -0.15) is 0 Å². The molecule has 11 N–H and O–H groups in total. The predicted molar refractivity (Wildman–Crippen MR) is 115 cm³/mol. The van der Waals surface area contributed by atoms with E-state index in [-0.39, 0.29) is 6.42 Å². The van der Waals surface area contributed by atoms with E-state index in [0.29, 0.717) is 45.2 Å². The van der Waals surface area contributed by atoms with Crippen LogP contribution >= 0.6 is 0 Å². The van der Waals surface area contributed by atoms with Crippen molar-refractivity contribution in [3.8, 4) is 0 Å². The lowest BCUT2D eigenvalue weighted by atomic mass is 10.0. The molecule has 0 rings (SSSR count). The van der Waals surface area contributed by atoms with Crippen LogP contribution < -0.4 is 33.2 Å². The van der Waals surface area contributed by atoms with Crippen LogP contribution in [0.1, 0.15) is 52.4 Å². The second-order valence-corrected chi connectivity index (χ2v) is 7.55. The minimum atomic E-state index is -1.53. The number of nitrogens with two attached hydrogens (primary N) is 3. The van der Waals surface area contributed by atoms with Crippen molar-refractivity contribution in [2.45, 2.75) is 82.6 Å². The minimum absolute atomic E-state index is 0.206. The Morgan fingerprint density at radius 1 is 0.774 bits per heavy atom. The molecule has 0 aliphatic carbocycles. The highest BCUT2D eigenvalue weighted by molar-refractivity contribution is 5.94. The van der Waals surface area contributed by atoms with E-state index in [1.807, 2.05) is 0 Å². The molecule has 0 aromatic heterocycles. The van der Waals surface area contributed by atoms with Crippen molar-refractivity contribution in [1.82, 2.24) is 16.0 Å². The summed E-state index contributed by atoms with van der Waals surface area (Å²) in [6.45, 7) is 3.53. The van der Waals surface area contributed by atoms with E-state index in [1.54, 1.807) is 0 Å². The zero-order chi connectivity index (χ0) is 24.0. The average molecular weight is 447 g/mol. The van der Waals surface area contributed by atoms with Crippen LogP contribution in [0.15, 0.2) is 0 Å². The molecule has 31 heavy (non-hydrogen) atoms. The third-order valence-corrected chi connectivity index (χ3v) is 4.62. The van der Waals surface area contributed by atoms with Crippen molar-refractivity contribution >= 4 is 23.7 Å². The van der Waals surface area contributed by atoms with Crippen LogP contribution in [0.2, 0.25) is 0 Å². The summed E-state index contributed by atoms with van der Waals surface area (Å²) in [6.07, 6.45) is 1.48. The Labute approximate surface area is 182 Å². The van der Waals surface area contributed by atoms with E-state index in [4.69, 9.17) is 17.2 Å². The second kappa shape index (κ2) is 15.5. The van der Waals surface area contributed by atoms with E-state index < -0.39 is 54.0 Å². The number of amides is 3. The van der Waals surface area contributed by atoms with Crippen LogP contribution in [0.3, 0.4) is 0 Å². The lowest BCUT2D eigenvalue weighted by molar-refractivity contribution is -0.145. The standard InChI is InChI=1S/C19H38N6O6/c1-11(22)16(27)23-13(7-3-5-9-20)17(28)24-14(8-4-6-10-21)18(29)25-15(12(2)26)19(30)31/h11-15,26H,3-10,20-22H2,1-2H3,(H,23,27)(H,24,28)(H,25,29)(H,30,31). The smallest absolute Gasteiger partial charge is 0.328 e. The van der Waals surface area contributed by atoms with Crippen molar-refractivity contribution in [3.05, 3.63) is 0 Å². The SMILES string of the molecule is CC(N)C(=O)NC(CCCCN)C(=O)NC(CCCCN)C(=O)NC(C(=O)O)C(C)O. The highest BCUT2D eigenvalue weighted by Gasteiger charge is 2.31. The normalized spacial score (nSPS) is 15.8. The molecule has 12 heteroatoms. The number of aliphatic hydroxyl groups is 1. The number of carboxylic acids is 1. The largest absolute Gasteiger partial charge is 0.480 e. The monoisotopic (exact) mass is 446 g/mol. The molecule has 0 saturated heterocycles. The minimum Gasteiger partial charge on any atom is -0.480 e. The Morgan fingerprint density at radius 2 is 1.19 bits per heavy atom. The molecular formula is C19H38N6O6. The molecule has 0 aliphatic rings. The molecule has 0 spiro atoms. The maximum absolute atomic E-state index is 12.8. The van der Waals surface area contributed by atoms with Gasteiger partial charge in [-0.25, -0.2) is 4.79 Å². The fourth-order valence-electron chi connectivity index (χ4n) is 2.74. The van der Waals surface area contributed by atoms with E-state index in [2.05, 4.69) is 16.0 Å². The second-order valence-electron chi connectivity index (χ2n) is 7.55. The highest BCUT2D eigenvalue weighted by atomic mass is 16.4. The molecule has 0 aromatic carbocycles. The van der Waals surface area contributed by atoms with Gasteiger partial charge in [0.2, 0.25) is 17.7 Å². The number of aliphatic carboxylic acids is 1. The molecule has 180 valence electrons. The molecule has 5 atom stereocenters. The third kappa shape index (κ3) is 11.6. The van der Waals surface area contributed by atoms with E-state index in [9.17, 15) is 29.4 Å². The number of hydrogen-bond acceptors (Lipinski definition) is 8. The summed E-state index contributed by atoms with van der Waals surface area (Å²) in [5, 5.41) is 26.2. The predicted octanol–water partition coefficient (Wildman–Crippen LogP) is -2.49. The molecule has 0 aromatic rings. The van der Waals surface area contributed by atoms with E-state index in [1.165, 1.54) is 13.8 Å². The summed E-state index contributed by atoms with van der Waals surface area (Å²) in [5.74, 6) is -3.27. The van der Waals surface area contributed by atoms with Crippen molar-refractivity contribution in [3.63, 3.8) is 0 Å². The Kier molecular flexibility index (Phi) is 14.4. The molecule has 0 bridgehead atoms. The zero-order valence-corrected chi connectivity index (χ0v) is 18.3. The number of unbranched alkanes of at least 4 members (excludes halogenated alkanes) is 2. The van der Waals surface area contributed by atoms with E-state index in [0.717, 1.165) is 0 Å². The highest BCUT2D eigenvalue weighted by Crippen LogP contribution is 2.06. The third-order valence-electron chi connectivity index (χ3n) is 4.62. The van der Waals surface area contributed by atoms with Crippen LogP contribution in [-0.2, 0) is 19.2 Å². The van der Waals surface area contributed by atoms with Gasteiger partial charge in [0.05, 0.1) is 12.1 Å². The summed E-state index contributed by atoms with van der Waals surface area (Å²) in [6, 6.07) is -4.35. The van der Waals surface area contributed by atoms with Crippen molar-refractivity contribution < 1.29 is 29.4 Å². The van der Waals surface area contributed by atoms with Crippen LogP contribution in [-0.4, -0.2) is 77.3 Å². The van der Waals surface area contributed by atoms with Crippen LogP contribution in [0.5, 0.6) is 0 Å². The maximum Gasteiger partial charge on any atom is 0.328 e. The Bertz CT molecular complexity index is 586. The maximum atomic E-state index is 12.8. The molecule has 0 aliphatic heterocycles. The van der Waals surface area contributed by atoms with Crippen LogP contribution in [0.25, 0.3) is 0 Å². The summed E-state index contributed by atoms with van der Waals surface area (Å²) in [4.78, 5) is 48.7. The molecular weight excluding hydrogens is 408 g/mol. The number of carbonyl (C=O) groups excluding carboxylic acids is 3. The number of hydrogen-bond donors (Lipinski definition) is 8. The van der Waals surface area contributed by atoms with Crippen LogP contribution in [0, 0.1) is 0 Å². The van der Waals surface area contributed by atoms with Crippen molar-refractivity contribution in [1.29, 1.82) is 0 Å². The molecule has 12 nitrogen and oxygen atoms in total. The first kappa shape index (κ1) is 28.7. The molecule has 0 radical (unpaired) electrons. The average Bonchev–Trinajstić information content (AvgIpc) is 2.69.